The summed E-state index contributed by atoms with van der Waals surface area (Å²) in [6, 6.07) is 3.56. The van der Waals surface area contributed by atoms with Gasteiger partial charge in [0, 0.05) is 0 Å². The van der Waals surface area contributed by atoms with Crippen molar-refractivity contribution in [1.29, 1.82) is 0 Å². The van der Waals surface area contributed by atoms with Crippen molar-refractivity contribution in [3.63, 3.8) is 0 Å². The highest BCUT2D eigenvalue weighted by molar-refractivity contribution is 9.10. The first-order valence-corrected chi connectivity index (χ1v) is 6.34. The van der Waals surface area contributed by atoms with E-state index in [9.17, 15) is 9.18 Å². The molecule has 0 unspecified atom stereocenters. The molecule has 17 heavy (non-hydrogen) atoms. The molecule has 5 heteroatoms. The third kappa shape index (κ3) is 1.56. The Labute approximate surface area is 106 Å². The van der Waals surface area contributed by atoms with E-state index >= 15 is 0 Å². The van der Waals surface area contributed by atoms with Crippen molar-refractivity contribution in [2.45, 2.75) is 24.8 Å². The molecule has 3 nitrogen and oxygen atoms in total. The van der Waals surface area contributed by atoms with Crippen LogP contribution in [0.1, 0.15) is 24.0 Å². The third-order valence-electron chi connectivity index (χ3n) is 3.53. The Kier molecular flexibility index (Phi) is 2.40. The van der Waals surface area contributed by atoms with Crippen LogP contribution in [0.25, 0.3) is 0 Å². The van der Waals surface area contributed by atoms with Gasteiger partial charge in [0.25, 0.3) is 0 Å². The lowest BCUT2D eigenvalue weighted by Crippen LogP contribution is -2.43. The summed E-state index contributed by atoms with van der Waals surface area (Å²) in [6.45, 7) is 0.292. The lowest BCUT2D eigenvalue weighted by molar-refractivity contribution is 0.169. The summed E-state index contributed by atoms with van der Waals surface area (Å²) in [4.78, 5) is 11.2. The number of hydrogen-bond acceptors (Lipinski definition) is 2. The number of ether oxygens (including phenoxy) is 1. The molecule has 1 aromatic carbocycles. The van der Waals surface area contributed by atoms with Crippen molar-refractivity contribution in [1.82, 2.24) is 5.32 Å². The Morgan fingerprint density at radius 3 is 3.00 bits per heavy atom. The Balaban J connectivity index is 2.15. The van der Waals surface area contributed by atoms with Crippen molar-refractivity contribution in [3.05, 3.63) is 33.5 Å². The average Bonchev–Trinajstić information content (AvgIpc) is 2.67. The summed E-state index contributed by atoms with van der Waals surface area (Å²) >= 11 is 3.19. The highest BCUT2D eigenvalue weighted by Gasteiger charge is 2.44. The van der Waals surface area contributed by atoms with Crippen LogP contribution in [0, 0.1) is 5.82 Å². The second-order valence-electron chi connectivity index (χ2n) is 4.52. The minimum atomic E-state index is -0.522. The predicted octanol–water partition coefficient (Wildman–Crippen LogP) is 2.86. The molecular weight excluding hydrogens is 289 g/mol. The van der Waals surface area contributed by atoms with Gasteiger partial charge < -0.3 is 10.1 Å². The van der Waals surface area contributed by atoms with Gasteiger partial charge in [-0.1, -0.05) is 6.07 Å². The lowest BCUT2D eigenvalue weighted by atomic mass is 9.77. The van der Waals surface area contributed by atoms with Crippen LogP contribution in [0.15, 0.2) is 16.6 Å². The van der Waals surface area contributed by atoms with Crippen LogP contribution in [0.2, 0.25) is 0 Å². The van der Waals surface area contributed by atoms with Gasteiger partial charge >= 0.3 is 6.09 Å². The van der Waals surface area contributed by atoms with Gasteiger partial charge in [0.15, 0.2) is 0 Å². The van der Waals surface area contributed by atoms with Gasteiger partial charge in [-0.15, -0.1) is 0 Å². The molecule has 0 saturated carbocycles. The van der Waals surface area contributed by atoms with Gasteiger partial charge in [-0.2, -0.15) is 0 Å². The number of halogens is 2. The molecule has 1 aliphatic heterocycles. The fraction of sp³-hybridized carbons (Fsp3) is 0.417. The van der Waals surface area contributed by atoms with Gasteiger partial charge in [-0.3, -0.25) is 0 Å². The monoisotopic (exact) mass is 299 g/mol. The van der Waals surface area contributed by atoms with E-state index < -0.39 is 11.6 Å². The summed E-state index contributed by atoms with van der Waals surface area (Å²) in [5.74, 6) is -0.220. The Morgan fingerprint density at radius 2 is 2.29 bits per heavy atom. The van der Waals surface area contributed by atoms with Crippen molar-refractivity contribution in [3.8, 4) is 0 Å². The SMILES string of the molecule is O=C1N[C@]2(CCCc3c2ccc(Br)c3F)CO1. The normalized spacial score (nSPS) is 26.6. The van der Waals surface area contributed by atoms with E-state index in [1.165, 1.54) is 0 Å². The molecule has 1 N–H and O–H groups in total. The molecule has 0 bridgehead atoms. The molecule has 1 amide bonds. The van der Waals surface area contributed by atoms with E-state index in [1.807, 2.05) is 6.07 Å². The van der Waals surface area contributed by atoms with Crippen molar-refractivity contribution in [2.75, 3.05) is 6.61 Å². The number of rotatable bonds is 0. The molecule has 1 atom stereocenters. The summed E-state index contributed by atoms with van der Waals surface area (Å²) in [5, 5.41) is 2.83. The van der Waals surface area contributed by atoms with Gasteiger partial charge in [-0.05, 0) is 52.4 Å². The minimum absolute atomic E-state index is 0.220. The van der Waals surface area contributed by atoms with Crippen LogP contribution < -0.4 is 5.32 Å². The molecule has 1 spiro atoms. The minimum Gasteiger partial charge on any atom is -0.447 e. The summed E-state index contributed by atoms with van der Waals surface area (Å²) in [6.07, 6.45) is 1.94. The van der Waals surface area contributed by atoms with E-state index in [1.54, 1.807) is 6.07 Å². The second kappa shape index (κ2) is 3.70. The van der Waals surface area contributed by atoms with Gasteiger partial charge in [0.2, 0.25) is 0 Å². The van der Waals surface area contributed by atoms with E-state index in [4.69, 9.17) is 4.74 Å². The van der Waals surface area contributed by atoms with Crippen LogP contribution in [-0.4, -0.2) is 12.7 Å². The number of amides is 1. The van der Waals surface area contributed by atoms with Crippen LogP contribution in [0.4, 0.5) is 9.18 Å². The predicted molar refractivity (Wildman–Crippen MR) is 63.2 cm³/mol. The number of hydrogen-bond donors (Lipinski definition) is 1. The summed E-state index contributed by atoms with van der Waals surface area (Å²) < 4.78 is 19.5. The molecule has 1 fully saturated rings. The highest BCUT2D eigenvalue weighted by atomic mass is 79.9. The van der Waals surface area contributed by atoms with Crippen LogP contribution in [0.3, 0.4) is 0 Å². The highest BCUT2D eigenvalue weighted by Crippen LogP contribution is 2.40. The Hall–Kier alpha value is -1.10. The zero-order chi connectivity index (χ0) is 12.0. The number of fused-ring (bicyclic) bond motifs is 2. The average molecular weight is 300 g/mol. The van der Waals surface area contributed by atoms with Crippen molar-refractivity contribution in [2.24, 2.45) is 0 Å². The maximum Gasteiger partial charge on any atom is 0.408 e. The molecule has 1 heterocycles. The zero-order valence-corrected chi connectivity index (χ0v) is 10.6. The molecule has 90 valence electrons. The first-order valence-electron chi connectivity index (χ1n) is 5.55. The quantitative estimate of drug-likeness (QED) is 0.800. The van der Waals surface area contributed by atoms with E-state index in [-0.39, 0.29) is 5.82 Å². The summed E-state index contributed by atoms with van der Waals surface area (Å²) in [5.41, 5.74) is 1.03. The lowest BCUT2D eigenvalue weighted by Gasteiger charge is -2.33. The Morgan fingerprint density at radius 1 is 1.47 bits per heavy atom. The molecule has 0 aromatic heterocycles. The van der Waals surface area contributed by atoms with Gasteiger partial charge in [-0.25, -0.2) is 9.18 Å². The summed E-state index contributed by atoms with van der Waals surface area (Å²) in [7, 11) is 0. The number of carbonyl (C=O) groups is 1. The Bertz CT molecular complexity index is 506. The smallest absolute Gasteiger partial charge is 0.408 e. The van der Waals surface area contributed by atoms with Crippen LogP contribution in [0.5, 0.6) is 0 Å². The van der Waals surface area contributed by atoms with Crippen molar-refractivity contribution >= 4 is 22.0 Å². The number of cyclic esters (lactones) is 1. The topological polar surface area (TPSA) is 38.3 Å². The van der Waals surface area contributed by atoms with Gasteiger partial charge in [0.1, 0.15) is 18.0 Å². The third-order valence-corrected chi connectivity index (χ3v) is 4.15. The number of alkyl carbamates (subject to hydrolysis) is 1. The van der Waals surface area contributed by atoms with Crippen LogP contribution >= 0.6 is 15.9 Å². The maximum atomic E-state index is 14.0. The molecule has 3 rings (SSSR count). The van der Waals surface area contributed by atoms with Crippen molar-refractivity contribution < 1.29 is 13.9 Å². The number of carbonyl (C=O) groups excluding carboxylic acids is 1. The molecule has 2 aliphatic rings. The molecule has 1 saturated heterocycles. The maximum absolute atomic E-state index is 14.0. The first kappa shape index (κ1) is 11.0. The second-order valence-corrected chi connectivity index (χ2v) is 5.38. The molecule has 1 aromatic rings. The number of benzene rings is 1. The van der Waals surface area contributed by atoms with E-state index in [0.717, 1.165) is 18.4 Å². The largest absolute Gasteiger partial charge is 0.447 e. The first-order chi connectivity index (χ1) is 8.12. The fourth-order valence-corrected chi connectivity index (χ4v) is 3.09. The standard InChI is InChI=1S/C12H11BrFNO2/c13-9-4-3-8-7(10(9)14)2-1-5-12(8)6-17-11(16)15-12/h3-4H,1-2,5-6H2,(H,15,16)/t12-/m1/s1. The van der Waals surface area contributed by atoms with Crippen LogP contribution in [-0.2, 0) is 16.7 Å². The molecule has 1 aliphatic carbocycles. The van der Waals surface area contributed by atoms with E-state index in [2.05, 4.69) is 21.2 Å². The molecular formula is C12H11BrFNO2. The van der Waals surface area contributed by atoms with E-state index in [0.29, 0.717) is 23.1 Å². The fourth-order valence-electron chi connectivity index (χ4n) is 2.72. The zero-order valence-electron chi connectivity index (χ0n) is 9.06. The molecule has 0 radical (unpaired) electrons. The van der Waals surface area contributed by atoms with Gasteiger partial charge in [0.05, 0.1) is 4.47 Å². The number of nitrogens with one attached hydrogen (secondary N) is 1.